The Morgan fingerprint density at radius 3 is 2.88 bits per heavy atom. The van der Waals surface area contributed by atoms with Crippen LogP contribution in [0, 0.1) is 0 Å². The van der Waals surface area contributed by atoms with Gasteiger partial charge in [0, 0.05) is 22.6 Å². The molecule has 0 bridgehead atoms. The first-order valence-electron chi connectivity index (χ1n) is 8.10. The zero-order valence-corrected chi connectivity index (χ0v) is 17.3. The molecule has 1 saturated heterocycles. The number of amides is 1. The van der Waals surface area contributed by atoms with Crippen LogP contribution in [0.15, 0.2) is 38.4 Å². The van der Waals surface area contributed by atoms with Gasteiger partial charge >= 0.3 is 0 Å². The van der Waals surface area contributed by atoms with Crippen LogP contribution >= 0.6 is 27.7 Å². The Morgan fingerprint density at radius 2 is 2.23 bits per heavy atom. The molecular weight excluding hydrogens is 442 g/mol. The van der Waals surface area contributed by atoms with Crippen LogP contribution in [-0.2, 0) is 14.6 Å². The second kappa shape index (κ2) is 8.10. The molecule has 10 heteroatoms. The van der Waals surface area contributed by atoms with Crippen molar-refractivity contribution < 1.29 is 17.6 Å². The fraction of sp³-hybridized carbons (Fsp3) is 0.438. The molecule has 26 heavy (non-hydrogen) atoms. The number of carbonyl (C=O) groups excluding carboxylic acids is 1. The van der Waals surface area contributed by atoms with Crippen LogP contribution < -0.4 is 0 Å². The minimum absolute atomic E-state index is 0.0465. The average Bonchev–Trinajstić information content (AvgIpc) is 3.20. The van der Waals surface area contributed by atoms with Crippen molar-refractivity contribution in [1.82, 2.24) is 15.1 Å². The largest absolute Gasteiger partial charge is 0.411 e. The quantitative estimate of drug-likeness (QED) is 0.612. The van der Waals surface area contributed by atoms with Crippen molar-refractivity contribution in [2.75, 3.05) is 23.8 Å². The maximum Gasteiger partial charge on any atom is 0.277 e. The van der Waals surface area contributed by atoms with E-state index >= 15 is 0 Å². The van der Waals surface area contributed by atoms with Crippen LogP contribution in [0.5, 0.6) is 0 Å². The number of halogens is 1. The summed E-state index contributed by atoms with van der Waals surface area (Å²) in [6.45, 7) is 2.33. The van der Waals surface area contributed by atoms with E-state index in [1.807, 2.05) is 31.2 Å². The molecule has 1 atom stereocenters. The highest BCUT2D eigenvalue weighted by Gasteiger charge is 2.33. The van der Waals surface area contributed by atoms with Crippen LogP contribution in [0.25, 0.3) is 11.5 Å². The zero-order valence-electron chi connectivity index (χ0n) is 14.1. The molecule has 1 aliphatic heterocycles. The average molecular weight is 460 g/mol. The van der Waals surface area contributed by atoms with Crippen molar-refractivity contribution in [3.05, 3.63) is 28.7 Å². The Kier molecular flexibility index (Phi) is 6.03. The van der Waals surface area contributed by atoms with Crippen LogP contribution in [0.4, 0.5) is 0 Å². The summed E-state index contributed by atoms with van der Waals surface area (Å²) < 4.78 is 29.8. The molecule has 7 nitrogen and oxygen atoms in total. The summed E-state index contributed by atoms with van der Waals surface area (Å²) >= 11 is 4.55. The van der Waals surface area contributed by atoms with Gasteiger partial charge in [0.2, 0.25) is 11.8 Å². The predicted octanol–water partition coefficient (Wildman–Crippen LogP) is 2.63. The first kappa shape index (κ1) is 19.4. The molecule has 0 radical (unpaired) electrons. The highest BCUT2D eigenvalue weighted by molar-refractivity contribution is 9.10. The molecule has 2 aromatic rings. The van der Waals surface area contributed by atoms with Gasteiger partial charge in [-0.1, -0.05) is 33.8 Å². The van der Waals surface area contributed by atoms with E-state index in [1.54, 1.807) is 4.90 Å². The van der Waals surface area contributed by atoms with Crippen LogP contribution in [-0.4, -0.2) is 59.3 Å². The molecule has 140 valence electrons. The molecular formula is C16H18BrN3O4S2. The molecule has 0 unspecified atom stereocenters. The number of aromatic nitrogens is 2. The van der Waals surface area contributed by atoms with Crippen molar-refractivity contribution in [1.29, 1.82) is 0 Å². The van der Waals surface area contributed by atoms with Gasteiger partial charge in [-0.25, -0.2) is 8.42 Å². The summed E-state index contributed by atoms with van der Waals surface area (Å²) in [6, 6.07) is 7.26. The Morgan fingerprint density at radius 1 is 1.42 bits per heavy atom. The predicted molar refractivity (Wildman–Crippen MR) is 103 cm³/mol. The molecule has 1 fully saturated rings. The maximum absolute atomic E-state index is 12.5. The minimum atomic E-state index is -3.03. The standard InChI is InChI=1S/C16H18BrN3O4S2/c1-2-20(13-6-7-26(22,23)10-13)14(21)9-25-16-19-18-15(24-16)11-4-3-5-12(17)8-11/h3-5,8,13H,2,6-7,9-10H2,1H3/t13-/m0/s1. The van der Waals surface area contributed by atoms with E-state index < -0.39 is 9.84 Å². The molecule has 1 aromatic heterocycles. The molecule has 1 aromatic carbocycles. The monoisotopic (exact) mass is 459 g/mol. The summed E-state index contributed by atoms with van der Waals surface area (Å²) in [7, 11) is -3.03. The van der Waals surface area contributed by atoms with Crippen molar-refractivity contribution in [3.8, 4) is 11.5 Å². The number of carbonyl (C=O) groups is 1. The third-order valence-corrected chi connectivity index (χ3v) is 7.15. The van der Waals surface area contributed by atoms with E-state index in [0.717, 1.165) is 21.8 Å². The number of hydrogen-bond donors (Lipinski definition) is 0. The third kappa shape index (κ3) is 4.66. The number of thioether (sulfide) groups is 1. The van der Waals surface area contributed by atoms with Crippen molar-refractivity contribution in [3.63, 3.8) is 0 Å². The van der Waals surface area contributed by atoms with E-state index in [9.17, 15) is 13.2 Å². The van der Waals surface area contributed by atoms with E-state index in [-0.39, 0.29) is 29.2 Å². The van der Waals surface area contributed by atoms with Crippen molar-refractivity contribution >= 4 is 43.4 Å². The Hall–Kier alpha value is -1.39. The summed E-state index contributed by atoms with van der Waals surface area (Å²) in [6.07, 6.45) is 0.500. The molecule has 3 rings (SSSR count). The second-order valence-corrected chi connectivity index (χ2v) is 9.98. The Labute approximate surface area is 164 Å². The van der Waals surface area contributed by atoms with Gasteiger partial charge in [-0.15, -0.1) is 10.2 Å². The first-order valence-corrected chi connectivity index (χ1v) is 11.7. The van der Waals surface area contributed by atoms with E-state index in [0.29, 0.717) is 24.1 Å². The van der Waals surface area contributed by atoms with Gasteiger partial charge in [-0.2, -0.15) is 0 Å². The molecule has 0 N–H and O–H groups in total. The van der Waals surface area contributed by atoms with Gasteiger partial charge < -0.3 is 9.32 Å². The molecule has 1 aliphatic rings. The summed E-state index contributed by atoms with van der Waals surface area (Å²) in [5.41, 5.74) is 0.788. The van der Waals surface area contributed by atoms with E-state index in [2.05, 4.69) is 26.1 Å². The SMILES string of the molecule is CCN(C(=O)CSc1nnc(-c2cccc(Br)c2)o1)[C@H]1CCS(=O)(=O)C1. The van der Waals surface area contributed by atoms with Gasteiger partial charge in [-0.05, 0) is 31.5 Å². The summed E-state index contributed by atoms with van der Waals surface area (Å²) in [5.74, 6) is 0.584. The molecule has 1 amide bonds. The van der Waals surface area contributed by atoms with Gasteiger partial charge in [0.1, 0.15) is 0 Å². The Bertz CT molecular complexity index is 900. The van der Waals surface area contributed by atoms with Gasteiger partial charge in [0.05, 0.1) is 17.3 Å². The number of nitrogens with zero attached hydrogens (tertiary/aromatic N) is 3. The van der Waals surface area contributed by atoms with E-state index in [1.165, 1.54) is 0 Å². The molecule has 2 heterocycles. The lowest BCUT2D eigenvalue weighted by Gasteiger charge is -2.26. The molecule has 0 spiro atoms. The van der Waals surface area contributed by atoms with Crippen LogP contribution in [0.3, 0.4) is 0 Å². The normalized spacial score (nSPS) is 18.8. The van der Waals surface area contributed by atoms with Crippen LogP contribution in [0.1, 0.15) is 13.3 Å². The summed E-state index contributed by atoms with van der Waals surface area (Å²) in [5, 5.41) is 8.28. The lowest BCUT2D eigenvalue weighted by molar-refractivity contribution is -0.129. The number of benzene rings is 1. The number of rotatable bonds is 6. The fourth-order valence-corrected chi connectivity index (χ4v) is 5.65. The molecule has 0 saturated carbocycles. The topological polar surface area (TPSA) is 93.4 Å². The van der Waals surface area contributed by atoms with Crippen molar-refractivity contribution in [2.24, 2.45) is 0 Å². The summed E-state index contributed by atoms with van der Waals surface area (Å²) in [4.78, 5) is 14.1. The highest BCUT2D eigenvalue weighted by atomic mass is 79.9. The molecule has 0 aliphatic carbocycles. The highest BCUT2D eigenvalue weighted by Crippen LogP contribution is 2.26. The number of sulfone groups is 1. The maximum atomic E-state index is 12.5. The van der Waals surface area contributed by atoms with Crippen molar-refractivity contribution in [2.45, 2.75) is 24.6 Å². The van der Waals surface area contributed by atoms with Gasteiger partial charge in [-0.3, -0.25) is 4.79 Å². The van der Waals surface area contributed by atoms with Crippen LogP contribution in [0.2, 0.25) is 0 Å². The first-order chi connectivity index (χ1) is 12.4. The lowest BCUT2D eigenvalue weighted by Crippen LogP contribution is -2.41. The van der Waals surface area contributed by atoms with E-state index in [4.69, 9.17) is 4.42 Å². The number of hydrogen-bond acceptors (Lipinski definition) is 7. The van der Waals surface area contributed by atoms with Gasteiger partial charge in [0.15, 0.2) is 9.84 Å². The lowest BCUT2D eigenvalue weighted by atomic mass is 10.2. The smallest absolute Gasteiger partial charge is 0.277 e. The third-order valence-electron chi connectivity index (χ3n) is 4.11. The van der Waals surface area contributed by atoms with Gasteiger partial charge in [0.25, 0.3) is 5.22 Å². The fourth-order valence-electron chi connectivity index (χ4n) is 2.87. The Balaban J connectivity index is 1.61. The second-order valence-electron chi connectivity index (χ2n) is 5.91. The minimum Gasteiger partial charge on any atom is -0.411 e. The zero-order chi connectivity index (χ0) is 18.7.